The van der Waals surface area contributed by atoms with Gasteiger partial charge in [0, 0.05) is 34.6 Å². The van der Waals surface area contributed by atoms with Gasteiger partial charge in [0.05, 0.1) is 12.8 Å². The molecule has 0 radical (unpaired) electrons. The molecule has 3 aromatic carbocycles. The Bertz CT molecular complexity index is 1650. The molecule has 1 aromatic heterocycles. The van der Waals surface area contributed by atoms with Crippen molar-refractivity contribution in [2.75, 3.05) is 12.0 Å². The van der Waals surface area contributed by atoms with Crippen LogP contribution in [0.1, 0.15) is 65.3 Å². The van der Waals surface area contributed by atoms with Crippen molar-refractivity contribution in [1.82, 2.24) is 15.2 Å². The van der Waals surface area contributed by atoms with Crippen LogP contribution in [0, 0.1) is 0 Å². The Balaban J connectivity index is 1.23. The van der Waals surface area contributed by atoms with Gasteiger partial charge in [-0.15, -0.1) is 0 Å². The van der Waals surface area contributed by atoms with Crippen molar-refractivity contribution in [2.45, 2.75) is 56.7 Å². The molecule has 2 atom stereocenters. The Morgan fingerprint density at radius 2 is 1.73 bits per heavy atom. The largest absolute Gasteiger partial charge is 0.497 e. The Morgan fingerprint density at radius 3 is 2.51 bits per heavy atom. The van der Waals surface area contributed by atoms with E-state index in [1.807, 2.05) is 42.5 Å². The number of para-hydroxylation sites is 1. The van der Waals surface area contributed by atoms with Crippen molar-refractivity contribution in [3.05, 3.63) is 95.2 Å². The van der Waals surface area contributed by atoms with Gasteiger partial charge in [-0.05, 0) is 66.4 Å². The summed E-state index contributed by atoms with van der Waals surface area (Å²) in [5.41, 5.74) is 4.78. The molecule has 8 heteroatoms. The minimum absolute atomic E-state index is 0.122. The minimum Gasteiger partial charge on any atom is -0.497 e. The molecule has 8 nitrogen and oxygen atoms in total. The molecule has 1 saturated carbocycles. The zero-order valence-electron chi connectivity index (χ0n) is 22.9. The Morgan fingerprint density at radius 1 is 0.951 bits per heavy atom. The number of fused-ring (bicyclic) bond motifs is 4. The number of aromatic nitrogens is 1. The molecule has 1 aliphatic carbocycles. The van der Waals surface area contributed by atoms with Crippen molar-refractivity contribution >= 4 is 34.4 Å². The summed E-state index contributed by atoms with van der Waals surface area (Å²) < 4.78 is 5.50. The number of aromatic amines is 1. The third-order valence-electron chi connectivity index (χ3n) is 8.79. The fraction of sp³-hybridized carbons (Fsp3) is 0.303. The zero-order valence-corrected chi connectivity index (χ0v) is 22.9. The van der Waals surface area contributed by atoms with Crippen molar-refractivity contribution < 1.29 is 19.1 Å². The molecule has 2 aliphatic heterocycles. The maximum absolute atomic E-state index is 14.1. The summed E-state index contributed by atoms with van der Waals surface area (Å²) in [4.78, 5) is 47.4. The number of hydrogen-bond acceptors (Lipinski definition) is 4. The summed E-state index contributed by atoms with van der Waals surface area (Å²) in [6.07, 6.45) is 5.92. The fourth-order valence-electron chi connectivity index (χ4n) is 6.75. The van der Waals surface area contributed by atoms with Crippen LogP contribution in [0.4, 0.5) is 10.5 Å². The van der Waals surface area contributed by atoms with E-state index in [4.69, 9.17) is 4.74 Å². The molecule has 2 unspecified atom stereocenters. The van der Waals surface area contributed by atoms with Gasteiger partial charge < -0.3 is 15.0 Å². The first-order valence-corrected chi connectivity index (χ1v) is 14.3. The second kappa shape index (κ2) is 10.1. The van der Waals surface area contributed by atoms with Crippen LogP contribution in [0.25, 0.3) is 10.9 Å². The normalized spacial score (nSPS) is 20.7. The molecule has 0 spiro atoms. The quantitative estimate of drug-likeness (QED) is 0.312. The van der Waals surface area contributed by atoms with Crippen LogP contribution in [-0.2, 0) is 11.2 Å². The molecule has 2 fully saturated rings. The third kappa shape index (κ3) is 4.25. The Kier molecular flexibility index (Phi) is 6.26. The minimum atomic E-state index is -0.653. The Hall–Kier alpha value is -4.59. The Labute approximate surface area is 238 Å². The van der Waals surface area contributed by atoms with E-state index in [-0.39, 0.29) is 23.9 Å². The van der Waals surface area contributed by atoms with Crippen LogP contribution < -0.4 is 15.0 Å². The monoisotopic (exact) mass is 548 g/mol. The average Bonchev–Trinajstić information content (AvgIpc) is 3.50. The average molecular weight is 549 g/mol. The smallest absolute Gasteiger partial charge is 0.332 e. The van der Waals surface area contributed by atoms with Crippen LogP contribution in [-0.4, -0.2) is 46.9 Å². The molecule has 0 bridgehead atoms. The first-order chi connectivity index (χ1) is 20.0. The lowest BCUT2D eigenvalue weighted by molar-refractivity contribution is -0.120. The lowest BCUT2D eigenvalue weighted by atomic mass is 9.89. The van der Waals surface area contributed by atoms with E-state index in [0.717, 1.165) is 53.4 Å². The van der Waals surface area contributed by atoms with Crippen LogP contribution in [0.2, 0.25) is 0 Å². The first-order valence-electron chi connectivity index (χ1n) is 14.3. The molecular formula is C33H32N4O4. The summed E-state index contributed by atoms with van der Waals surface area (Å²) in [5.74, 6) is 0.292. The molecule has 3 aliphatic rings. The van der Waals surface area contributed by atoms with E-state index in [0.29, 0.717) is 23.4 Å². The lowest BCUT2D eigenvalue weighted by Crippen LogP contribution is -2.44. The van der Waals surface area contributed by atoms with Gasteiger partial charge in [0.25, 0.3) is 11.8 Å². The fourth-order valence-corrected chi connectivity index (χ4v) is 6.75. The van der Waals surface area contributed by atoms with E-state index in [9.17, 15) is 14.4 Å². The van der Waals surface area contributed by atoms with Crippen molar-refractivity contribution in [2.24, 2.45) is 0 Å². The van der Waals surface area contributed by atoms with Crippen LogP contribution in [0.5, 0.6) is 5.75 Å². The number of nitrogens with zero attached hydrogens (tertiary/aromatic N) is 2. The summed E-state index contributed by atoms with van der Waals surface area (Å²) >= 11 is 0. The van der Waals surface area contributed by atoms with Crippen LogP contribution >= 0.6 is 0 Å². The highest BCUT2D eigenvalue weighted by atomic mass is 16.5. The van der Waals surface area contributed by atoms with Crippen molar-refractivity contribution in [3.63, 3.8) is 0 Å². The number of nitrogens with one attached hydrogen (secondary N) is 2. The molecule has 208 valence electrons. The SMILES string of the molecule is COc1cccc(C2c3[nH]c4ccccc4c3CC3C(=O)N(c4ccc(C(=O)NC5CCCCC5)cc4)C(=O)N32)c1. The summed E-state index contributed by atoms with van der Waals surface area (Å²) in [5, 5.41) is 4.19. The van der Waals surface area contributed by atoms with Gasteiger partial charge in [-0.2, -0.15) is 0 Å². The number of carbonyl (C=O) groups excluding carboxylic acids is 3. The van der Waals surface area contributed by atoms with Gasteiger partial charge in [0.1, 0.15) is 17.8 Å². The standard InChI is InChI=1S/C33H32N4O4/c1-41-24-11-7-8-21(18-24)30-29-26(25-12-5-6-13-27(25)35-29)19-28-32(39)36(33(40)37(28)30)23-16-14-20(15-17-23)31(38)34-22-9-3-2-4-10-22/h5-8,11-18,22,28,30,35H,2-4,9-10,19H2,1H3,(H,34,38). The van der Waals surface area contributed by atoms with E-state index in [1.165, 1.54) is 11.3 Å². The van der Waals surface area contributed by atoms with Gasteiger partial charge in [-0.25, -0.2) is 9.69 Å². The first kappa shape index (κ1) is 25.4. The van der Waals surface area contributed by atoms with Gasteiger partial charge in [0.15, 0.2) is 0 Å². The van der Waals surface area contributed by atoms with E-state index in [2.05, 4.69) is 16.4 Å². The molecule has 41 heavy (non-hydrogen) atoms. The number of hydrogen-bond donors (Lipinski definition) is 2. The van der Waals surface area contributed by atoms with Gasteiger partial charge in [-0.3, -0.25) is 14.5 Å². The number of methoxy groups -OCH3 is 1. The number of urea groups is 1. The highest BCUT2D eigenvalue weighted by Gasteiger charge is 2.53. The number of amides is 4. The van der Waals surface area contributed by atoms with E-state index < -0.39 is 12.1 Å². The lowest BCUT2D eigenvalue weighted by Gasteiger charge is -2.36. The topological polar surface area (TPSA) is 94.7 Å². The summed E-state index contributed by atoms with van der Waals surface area (Å²) in [6.45, 7) is 0. The van der Waals surface area contributed by atoms with Crippen molar-refractivity contribution in [3.8, 4) is 5.75 Å². The highest BCUT2D eigenvalue weighted by molar-refractivity contribution is 6.22. The van der Waals surface area contributed by atoms with Crippen LogP contribution in [0.3, 0.4) is 0 Å². The summed E-state index contributed by atoms with van der Waals surface area (Å²) in [7, 11) is 1.61. The number of carbonyl (C=O) groups is 3. The summed E-state index contributed by atoms with van der Waals surface area (Å²) in [6, 6.07) is 21.1. The number of ether oxygens (including phenoxy) is 1. The molecule has 2 N–H and O–H groups in total. The highest BCUT2D eigenvalue weighted by Crippen LogP contribution is 2.45. The second-order valence-electron chi connectivity index (χ2n) is 11.2. The maximum Gasteiger partial charge on any atom is 0.332 e. The van der Waals surface area contributed by atoms with E-state index in [1.54, 1.807) is 36.3 Å². The molecule has 7 rings (SSSR count). The predicted molar refractivity (Wildman–Crippen MR) is 156 cm³/mol. The second-order valence-corrected chi connectivity index (χ2v) is 11.2. The van der Waals surface area contributed by atoms with Gasteiger partial charge in [0.2, 0.25) is 0 Å². The number of benzene rings is 3. The number of imide groups is 1. The molecule has 4 amide bonds. The number of rotatable bonds is 5. The molecule has 4 aromatic rings. The zero-order chi connectivity index (χ0) is 28.1. The molecular weight excluding hydrogens is 516 g/mol. The van der Waals surface area contributed by atoms with E-state index >= 15 is 0 Å². The van der Waals surface area contributed by atoms with Crippen molar-refractivity contribution in [1.29, 1.82) is 0 Å². The van der Waals surface area contributed by atoms with Crippen LogP contribution in [0.15, 0.2) is 72.8 Å². The number of anilines is 1. The third-order valence-corrected chi connectivity index (χ3v) is 8.79. The van der Waals surface area contributed by atoms with Gasteiger partial charge in [-0.1, -0.05) is 49.6 Å². The van der Waals surface area contributed by atoms with Gasteiger partial charge >= 0.3 is 6.03 Å². The molecule has 3 heterocycles. The predicted octanol–water partition coefficient (Wildman–Crippen LogP) is 5.72. The molecule has 1 saturated heterocycles. The maximum atomic E-state index is 14.1. The number of H-pyrrole nitrogens is 1.